The number of benzene rings is 1. The molecule has 0 aromatic heterocycles. The molecule has 0 aliphatic carbocycles. The second-order valence-electron chi connectivity index (χ2n) is 5.04. The number of anilines is 1. The lowest BCUT2D eigenvalue weighted by Gasteiger charge is -2.21. The smallest absolute Gasteiger partial charge is 0.0366 e. The molecule has 3 heteroatoms. The lowest BCUT2D eigenvalue weighted by Crippen LogP contribution is -2.35. The fraction of sp³-hybridized carbons (Fsp3) is 0.625. The highest BCUT2D eigenvalue weighted by Gasteiger charge is 2.01. The predicted octanol–water partition coefficient (Wildman–Crippen LogP) is 2.36. The van der Waals surface area contributed by atoms with Gasteiger partial charge in [-0.25, -0.2) is 0 Å². The number of likely N-dealkylation sites (N-methyl/N-ethyl adjacent to an activating group) is 2. The standard InChI is InChI=1S/C16H29N3/c1-5-19(6-2)13-11-17-10-12-18(4)16-9-7-8-15(3)14-16/h7-9,14,17H,5-6,10-13H2,1-4H3. The molecule has 0 saturated heterocycles. The molecule has 3 nitrogen and oxygen atoms in total. The third-order valence-electron chi connectivity index (χ3n) is 3.57. The van der Waals surface area contributed by atoms with Crippen LogP contribution in [0.3, 0.4) is 0 Å². The molecule has 0 aliphatic heterocycles. The Morgan fingerprint density at radius 3 is 2.37 bits per heavy atom. The topological polar surface area (TPSA) is 18.5 Å². The van der Waals surface area contributed by atoms with Crippen LogP contribution in [0.1, 0.15) is 19.4 Å². The summed E-state index contributed by atoms with van der Waals surface area (Å²) in [5.74, 6) is 0. The summed E-state index contributed by atoms with van der Waals surface area (Å²) < 4.78 is 0. The summed E-state index contributed by atoms with van der Waals surface area (Å²) in [6.07, 6.45) is 0. The van der Waals surface area contributed by atoms with E-state index in [1.165, 1.54) is 11.3 Å². The third kappa shape index (κ3) is 6.08. The van der Waals surface area contributed by atoms with Crippen LogP contribution in [0.25, 0.3) is 0 Å². The summed E-state index contributed by atoms with van der Waals surface area (Å²) >= 11 is 0. The monoisotopic (exact) mass is 263 g/mol. The van der Waals surface area contributed by atoms with E-state index < -0.39 is 0 Å². The molecule has 0 fully saturated rings. The predicted molar refractivity (Wildman–Crippen MR) is 85.1 cm³/mol. The fourth-order valence-corrected chi connectivity index (χ4v) is 2.14. The van der Waals surface area contributed by atoms with Crippen molar-refractivity contribution < 1.29 is 0 Å². The number of hydrogen-bond donors (Lipinski definition) is 1. The Morgan fingerprint density at radius 2 is 1.74 bits per heavy atom. The minimum Gasteiger partial charge on any atom is -0.373 e. The molecular formula is C16H29N3. The lowest BCUT2D eigenvalue weighted by molar-refractivity contribution is 0.303. The van der Waals surface area contributed by atoms with Crippen LogP contribution < -0.4 is 10.2 Å². The van der Waals surface area contributed by atoms with E-state index in [2.05, 4.69) is 67.2 Å². The van der Waals surface area contributed by atoms with Crippen molar-refractivity contribution in [2.24, 2.45) is 0 Å². The number of rotatable bonds is 9. The van der Waals surface area contributed by atoms with Crippen LogP contribution in [0.4, 0.5) is 5.69 Å². The highest BCUT2D eigenvalue weighted by atomic mass is 15.1. The molecule has 19 heavy (non-hydrogen) atoms. The van der Waals surface area contributed by atoms with Gasteiger partial charge in [-0.3, -0.25) is 0 Å². The molecule has 0 atom stereocenters. The average molecular weight is 263 g/mol. The van der Waals surface area contributed by atoms with Crippen LogP contribution >= 0.6 is 0 Å². The largest absolute Gasteiger partial charge is 0.373 e. The summed E-state index contributed by atoms with van der Waals surface area (Å²) in [4.78, 5) is 4.74. The maximum Gasteiger partial charge on any atom is 0.0366 e. The maximum absolute atomic E-state index is 3.52. The molecule has 0 heterocycles. The molecule has 0 amide bonds. The second-order valence-corrected chi connectivity index (χ2v) is 5.04. The average Bonchev–Trinajstić information content (AvgIpc) is 2.42. The van der Waals surface area contributed by atoms with E-state index in [9.17, 15) is 0 Å². The number of hydrogen-bond acceptors (Lipinski definition) is 3. The van der Waals surface area contributed by atoms with Gasteiger partial charge in [0.15, 0.2) is 0 Å². The normalized spacial score (nSPS) is 11.0. The van der Waals surface area contributed by atoms with E-state index in [0.29, 0.717) is 0 Å². The highest BCUT2D eigenvalue weighted by Crippen LogP contribution is 2.13. The lowest BCUT2D eigenvalue weighted by atomic mass is 10.2. The molecule has 108 valence electrons. The van der Waals surface area contributed by atoms with Gasteiger partial charge in [0.25, 0.3) is 0 Å². The van der Waals surface area contributed by atoms with E-state index >= 15 is 0 Å². The number of nitrogens with one attached hydrogen (secondary N) is 1. The highest BCUT2D eigenvalue weighted by molar-refractivity contribution is 5.47. The molecule has 1 N–H and O–H groups in total. The third-order valence-corrected chi connectivity index (χ3v) is 3.57. The zero-order valence-electron chi connectivity index (χ0n) is 12.9. The van der Waals surface area contributed by atoms with Gasteiger partial charge in [0, 0.05) is 38.9 Å². The van der Waals surface area contributed by atoms with Crippen LogP contribution in [0.5, 0.6) is 0 Å². The van der Waals surface area contributed by atoms with Gasteiger partial charge < -0.3 is 15.1 Å². The minimum absolute atomic E-state index is 1.03. The Hall–Kier alpha value is -1.06. The molecular weight excluding hydrogens is 234 g/mol. The molecule has 0 spiro atoms. The summed E-state index contributed by atoms with van der Waals surface area (Å²) in [6, 6.07) is 8.66. The van der Waals surface area contributed by atoms with Crippen molar-refractivity contribution in [1.82, 2.24) is 10.2 Å². The van der Waals surface area contributed by atoms with Gasteiger partial charge in [-0.2, -0.15) is 0 Å². The molecule has 0 saturated carbocycles. The SMILES string of the molecule is CCN(CC)CCNCCN(C)c1cccc(C)c1. The zero-order valence-corrected chi connectivity index (χ0v) is 12.9. The van der Waals surface area contributed by atoms with Crippen LogP contribution in [0.2, 0.25) is 0 Å². The second kappa shape index (κ2) is 8.94. The summed E-state index contributed by atoms with van der Waals surface area (Å²) in [5, 5.41) is 3.52. The van der Waals surface area contributed by atoms with Crippen LogP contribution in [-0.2, 0) is 0 Å². The van der Waals surface area contributed by atoms with E-state index in [1.54, 1.807) is 0 Å². The van der Waals surface area contributed by atoms with Crippen molar-refractivity contribution in [3.8, 4) is 0 Å². The van der Waals surface area contributed by atoms with Crippen molar-refractivity contribution in [2.75, 3.05) is 51.2 Å². The van der Waals surface area contributed by atoms with E-state index in [4.69, 9.17) is 0 Å². The first-order chi connectivity index (χ1) is 9.17. The summed E-state index contributed by atoms with van der Waals surface area (Å²) in [6.45, 7) is 13.1. The zero-order chi connectivity index (χ0) is 14.1. The first kappa shape index (κ1) is 16.0. The molecule has 0 bridgehead atoms. The van der Waals surface area contributed by atoms with Crippen LogP contribution in [0.15, 0.2) is 24.3 Å². The van der Waals surface area contributed by atoms with E-state index in [-0.39, 0.29) is 0 Å². The van der Waals surface area contributed by atoms with Gasteiger partial charge in [0.1, 0.15) is 0 Å². The quantitative estimate of drug-likeness (QED) is 0.690. The molecule has 1 aromatic carbocycles. The minimum atomic E-state index is 1.03. The molecule has 0 aliphatic rings. The van der Waals surface area contributed by atoms with Crippen molar-refractivity contribution >= 4 is 5.69 Å². The van der Waals surface area contributed by atoms with Gasteiger partial charge in [-0.1, -0.05) is 26.0 Å². The fourth-order valence-electron chi connectivity index (χ4n) is 2.14. The van der Waals surface area contributed by atoms with Crippen molar-refractivity contribution in [3.05, 3.63) is 29.8 Å². The van der Waals surface area contributed by atoms with E-state index in [0.717, 1.165) is 39.3 Å². The van der Waals surface area contributed by atoms with Crippen LogP contribution in [-0.4, -0.2) is 51.2 Å². The van der Waals surface area contributed by atoms with Crippen molar-refractivity contribution in [3.63, 3.8) is 0 Å². The van der Waals surface area contributed by atoms with Crippen molar-refractivity contribution in [1.29, 1.82) is 0 Å². The first-order valence-corrected chi connectivity index (χ1v) is 7.38. The number of aryl methyl sites for hydroxylation is 1. The Balaban J connectivity index is 2.19. The van der Waals surface area contributed by atoms with Crippen molar-refractivity contribution in [2.45, 2.75) is 20.8 Å². The molecule has 1 rings (SSSR count). The Bertz CT molecular complexity index is 348. The van der Waals surface area contributed by atoms with Gasteiger partial charge in [0.05, 0.1) is 0 Å². The Morgan fingerprint density at radius 1 is 1.05 bits per heavy atom. The van der Waals surface area contributed by atoms with Gasteiger partial charge in [-0.05, 0) is 37.7 Å². The Kier molecular flexibility index (Phi) is 7.53. The number of nitrogens with zero attached hydrogens (tertiary/aromatic N) is 2. The van der Waals surface area contributed by atoms with E-state index in [1.807, 2.05) is 0 Å². The molecule has 0 radical (unpaired) electrons. The van der Waals surface area contributed by atoms with Crippen LogP contribution in [0, 0.1) is 6.92 Å². The molecule has 0 unspecified atom stereocenters. The van der Waals surface area contributed by atoms with Gasteiger partial charge in [-0.15, -0.1) is 0 Å². The first-order valence-electron chi connectivity index (χ1n) is 7.38. The summed E-state index contributed by atoms with van der Waals surface area (Å²) in [7, 11) is 2.15. The van der Waals surface area contributed by atoms with Gasteiger partial charge in [0.2, 0.25) is 0 Å². The summed E-state index contributed by atoms with van der Waals surface area (Å²) in [5.41, 5.74) is 2.62. The van der Waals surface area contributed by atoms with Gasteiger partial charge >= 0.3 is 0 Å². The maximum atomic E-state index is 3.52. The Labute approximate surface area is 118 Å². The molecule has 1 aromatic rings.